The molecule has 0 bridgehead atoms. The summed E-state index contributed by atoms with van der Waals surface area (Å²) in [5, 5.41) is 0. The predicted molar refractivity (Wildman–Crippen MR) is 95.7 cm³/mol. The van der Waals surface area contributed by atoms with Gasteiger partial charge in [0.2, 0.25) is 0 Å². The van der Waals surface area contributed by atoms with Gasteiger partial charge >= 0.3 is 11.9 Å². The number of ether oxygens (including phenoxy) is 2. The van der Waals surface area contributed by atoms with Gasteiger partial charge in [0.15, 0.2) is 0 Å². The number of hydrogen-bond donors (Lipinski definition) is 0. The van der Waals surface area contributed by atoms with Crippen LogP contribution in [-0.4, -0.2) is 25.2 Å². The minimum absolute atomic E-state index is 0.194. The molecule has 0 heterocycles. The average Bonchev–Trinajstić information content (AvgIpc) is 2.61. The molecule has 0 saturated heterocycles. The van der Waals surface area contributed by atoms with E-state index < -0.39 is 0 Å². The minimum atomic E-state index is -0.298. The highest BCUT2D eigenvalue weighted by atomic mass is 16.5. The number of hydrogen-bond acceptors (Lipinski definition) is 4. The Labute approximate surface area is 147 Å². The van der Waals surface area contributed by atoms with E-state index in [0.717, 1.165) is 51.4 Å². The fourth-order valence-electron chi connectivity index (χ4n) is 3.28. The lowest BCUT2D eigenvalue weighted by atomic mass is 9.79. The van der Waals surface area contributed by atoms with Gasteiger partial charge in [-0.05, 0) is 25.7 Å². The molecular formula is C20H36O4. The fraction of sp³-hybridized carbons (Fsp3) is 0.900. The van der Waals surface area contributed by atoms with Crippen molar-refractivity contribution < 1.29 is 19.1 Å². The number of carbonyl (C=O) groups is 2. The molecule has 1 rings (SSSR count). The summed E-state index contributed by atoms with van der Waals surface area (Å²) >= 11 is 0. The van der Waals surface area contributed by atoms with E-state index in [1.165, 1.54) is 25.7 Å². The molecule has 1 fully saturated rings. The minimum Gasteiger partial charge on any atom is -0.465 e. The molecule has 140 valence electrons. The van der Waals surface area contributed by atoms with Crippen LogP contribution in [-0.2, 0) is 19.1 Å². The first kappa shape index (κ1) is 21.0. The largest absolute Gasteiger partial charge is 0.465 e. The van der Waals surface area contributed by atoms with Crippen LogP contribution in [0, 0.1) is 11.8 Å². The summed E-state index contributed by atoms with van der Waals surface area (Å²) in [6.07, 6.45) is 12.4. The molecule has 2 atom stereocenters. The molecule has 1 saturated carbocycles. The lowest BCUT2D eigenvalue weighted by Gasteiger charge is -2.28. The van der Waals surface area contributed by atoms with Gasteiger partial charge in [0.1, 0.15) is 0 Å². The van der Waals surface area contributed by atoms with Crippen molar-refractivity contribution in [3.63, 3.8) is 0 Å². The van der Waals surface area contributed by atoms with Crippen molar-refractivity contribution in [2.45, 2.75) is 90.9 Å². The molecule has 4 heteroatoms. The second-order valence-corrected chi connectivity index (χ2v) is 6.95. The highest BCUT2D eigenvalue weighted by Gasteiger charge is 2.37. The number of carbonyl (C=O) groups excluding carboxylic acids is 2. The van der Waals surface area contributed by atoms with Crippen molar-refractivity contribution in [1.82, 2.24) is 0 Å². The van der Waals surface area contributed by atoms with E-state index >= 15 is 0 Å². The van der Waals surface area contributed by atoms with Crippen LogP contribution in [0.15, 0.2) is 0 Å². The topological polar surface area (TPSA) is 52.6 Å². The third kappa shape index (κ3) is 8.16. The molecule has 0 aromatic rings. The molecule has 4 nitrogen and oxygen atoms in total. The monoisotopic (exact) mass is 340 g/mol. The Morgan fingerprint density at radius 2 is 1.17 bits per heavy atom. The van der Waals surface area contributed by atoms with E-state index in [1.807, 2.05) is 0 Å². The number of esters is 2. The third-order valence-electron chi connectivity index (χ3n) is 4.86. The third-order valence-corrected chi connectivity index (χ3v) is 4.86. The van der Waals surface area contributed by atoms with Crippen LogP contribution in [0.4, 0.5) is 0 Å². The Hall–Kier alpha value is -1.06. The molecular weight excluding hydrogens is 304 g/mol. The van der Waals surface area contributed by atoms with E-state index in [2.05, 4.69) is 13.8 Å². The zero-order valence-electron chi connectivity index (χ0n) is 15.7. The van der Waals surface area contributed by atoms with Gasteiger partial charge in [-0.25, -0.2) is 0 Å². The van der Waals surface area contributed by atoms with E-state index in [4.69, 9.17) is 9.47 Å². The SMILES string of the molecule is CCCCCCCCOC(=O)C1CCCCC1C(=O)OCCCC. The Kier molecular flexibility index (Phi) is 11.6. The van der Waals surface area contributed by atoms with Crippen molar-refractivity contribution in [2.75, 3.05) is 13.2 Å². The average molecular weight is 341 g/mol. The number of rotatable bonds is 12. The van der Waals surface area contributed by atoms with Crippen LogP contribution >= 0.6 is 0 Å². The van der Waals surface area contributed by atoms with Crippen molar-refractivity contribution in [1.29, 1.82) is 0 Å². The number of unbranched alkanes of at least 4 members (excludes halogenated alkanes) is 6. The maximum atomic E-state index is 12.3. The lowest BCUT2D eigenvalue weighted by Crippen LogP contribution is -2.35. The Morgan fingerprint density at radius 3 is 1.71 bits per heavy atom. The molecule has 1 aliphatic carbocycles. The molecule has 0 aliphatic heterocycles. The molecule has 0 amide bonds. The zero-order valence-corrected chi connectivity index (χ0v) is 15.7. The van der Waals surface area contributed by atoms with Crippen LogP contribution in [0.25, 0.3) is 0 Å². The Morgan fingerprint density at radius 1 is 0.708 bits per heavy atom. The van der Waals surface area contributed by atoms with Crippen molar-refractivity contribution in [2.24, 2.45) is 11.8 Å². The lowest BCUT2D eigenvalue weighted by molar-refractivity contribution is -0.163. The first-order chi connectivity index (χ1) is 11.7. The van der Waals surface area contributed by atoms with Crippen LogP contribution in [0.1, 0.15) is 90.9 Å². The maximum Gasteiger partial charge on any atom is 0.309 e. The Balaban J connectivity index is 2.29. The smallest absolute Gasteiger partial charge is 0.309 e. The quantitative estimate of drug-likeness (QED) is 0.369. The molecule has 0 N–H and O–H groups in total. The summed E-state index contributed by atoms with van der Waals surface area (Å²) < 4.78 is 10.8. The van der Waals surface area contributed by atoms with Gasteiger partial charge in [-0.2, -0.15) is 0 Å². The van der Waals surface area contributed by atoms with Crippen molar-refractivity contribution in [3.8, 4) is 0 Å². The second-order valence-electron chi connectivity index (χ2n) is 6.95. The van der Waals surface area contributed by atoms with Crippen LogP contribution in [0.3, 0.4) is 0 Å². The molecule has 0 spiro atoms. The fourth-order valence-corrected chi connectivity index (χ4v) is 3.28. The van der Waals surface area contributed by atoms with E-state index in [9.17, 15) is 9.59 Å². The summed E-state index contributed by atoms with van der Waals surface area (Å²) in [5.41, 5.74) is 0. The summed E-state index contributed by atoms with van der Waals surface area (Å²) in [5.74, 6) is -0.994. The van der Waals surface area contributed by atoms with Crippen LogP contribution in [0.2, 0.25) is 0 Å². The molecule has 24 heavy (non-hydrogen) atoms. The van der Waals surface area contributed by atoms with Gasteiger partial charge in [-0.1, -0.05) is 65.2 Å². The normalized spacial score (nSPS) is 20.6. The molecule has 0 aromatic heterocycles. The maximum absolute atomic E-state index is 12.3. The summed E-state index contributed by atoms with van der Waals surface area (Å²) in [6.45, 7) is 5.22. The van der Waals surface area contributed by atoms with Gasteiger partial charge in [0, 0.05) is 0 Å². The molecule has 0 aromatic carbocycles. The highest BCUT2D eigenvalue weighted by Crippen LogP contribution is 2.32. The van der Waals surface area contributed by atoms with Gasteiger partial charge < -0.3 is 9.47 Å². The first-order valence-corrected chi connectivity index (χ1v) is 10.0. The van der Waals surface area contributed by atoms with Gasteiger partial charge in [-0.3, -0.25) is 9.59 Å². The molecule has 2 unspecified atom stereocenters. The standard InChI is InChI=1S/C20H36O4/c1-3-5-7-8-9-12-16-24-20(22)18-14-11-10-13-17(18)19(21)23-15-6-4-2/h17-18H,3-16H2,1-2H3. The van der Waals surface area contributed by atoms with E-state index in [0.29, 0.717) is 13.2 Å². The first-order valence-electron chi connectivity index (χ1n) is 10.0. The van der Waals surface area contributed by atoms with Gasteiger partial charge in [-0.15, -0.1) is 0 Å². The van der Waals surface area contributed by atoms with Gasteiger partial charge in [0.25, 0.3) is 0 Å². The predicted octanol–water partition coefficient (Wildman–Crippen LogP) is 5.04. The second kappa shape index (κ2) is 13.3. The zero-order chi connectivity index (χ0) is 17.6. The summed E-state index contributed by atoms with van der Waals surface area (Å²) in [6, 6.07) is 0. The van der Waals surface area contributed by atoms with Gasteiger partial charge in [0.05, 0.1) is 25.0 Å². The highest BCUT2D eigenvalue weighted by molar-refractivity contribution is 5.82. The summed E-state index contributed by atoms with van der Waals surface area (Å²) in [4.78, 5) is 24.6. The van der Waals surface area contributed by atoms with Crippen LogP contribution < -0.4 is 0 Å². The van der Waals surface area contributed by atoms with Crippen molar-refractivity contribution >= 4 is 11.9 Å². The van der Waals surface area contributed by atoms with E-state index in [1.54, 1.807) is 0 Å². The van der Waals surface area contributed by atoms with Crippen LogP contribution in [0.5, 0.6) is 0 Å². The Bertz CT molecular complexity index is 354. The van der Waals surface area contributed by atoms with E-state index in [-0.39, 0.29) is 23.8 Å². The summed E-state index contributed by atoms with van der Waals surface area (Å²) in [7, 11) is 0. The van der Waals surface area contributed by atoms with Crippen molar-refractivity contribution in [3.05, 3.63) is 0 Å². The molecule has 0 radical (unpaired) electrons. The molecule has 1 aliphatic rings.